The minimum atomic E-state index is -0.723. The van der Waals surface area contributed by atoms with Crippen molar-refractivity contribution in [2.24, 2.45) is 0 Å². The molecular formula is C18H13F2IN2O2. The van der Waals surface area contributed by atoms with E-state index < -0.39 is 11.6 Å². The fourth-order valence-corrected chi connectivity index (χ4v) is 2.79. The first-order valence-electron chi connectivity index (χ1n) is 7.48. The maximum atomic E-state index is 13.7. The summed E-state index contributed by atoms with van der Waals surface area (Å²) in [6.45, 7) is 0. The second-order valence-electron chi connectivity index (χ2n) is 5.24. The number of aromatic nitrogens is 1. The quantitative estimate of drug-likeness (QED) is 0.564. The maximum Gasteiger partial charge on any atom is 0.224 e. The number of nitrogens with one attached hydrogen (secondary N) is 1. The summed E-state index contributed by atoms with van der Waals surface area (Å²) in [6, 6.07) is 11.0. The van der Waals surface area contributed by atoms with Crippen LogP contribution in [0.25, 0.3) is 11.3 Å². The minimum Gasteiger partial charge on any atom is -0.441 e. The van der Waals surface area contributed by atoms with Crippen molar-refractivity contribution in [2.45, 2.75) is 12.8 Å². The molecule has 0 saturated carbocycles. The van der Waals surface area contributed by atoms with Crippen LogP contribution in [0.1, 0.15) is 12.3 Å². The van der Waals surface area contributed by atoms with Crippen molar-refractivity contribution in [3.8, 4) is 11.3 Å². The van der Waals surface area contributed by atoms with Gasteiger partial charge in [-0.3, -0.25) is 4.79 Å². The number of hydrogen-bond donors (Lipinski definition) is 1. The molecule has 3 rings (SSSR count). The summed E-state index contributed by atoms with van der Waals surface area (Å²) in [5.41, 5.74) is 0.471. The molecule has 1 heterocycles. The van der Waals surface area contributed by atoms with E-state index in [-0.39, 0.29) is 36.0 Å². The van der Waals surface area contributed by atoms with Crippen LogP contribution in [0.2, 0.25) is 0 Å². The SMILES string of the molecule is O=C(CCc1ncc(-c2c(F)cccc2F)o1)Nc1ccccc1I. The Morgan fingerprint density at radius 1 is 1.12 bits per heavy atom. The van der Waals surface area contributed by atoms with Gasteiger partial charge in [-0.25, -0.2) is 13.8 Å². The summed E-state index contributed by atoms with van der Waals surface area (Å²) >= 11 is 2.13. The molecule has 7 heteroatoms. The molecule has 0 unspecified atom stereocenters. The molecule has 1 aromatic heterocycles. The molecule has 0 aliphatic heterocycles. The zero-order valence-corrected chi connectivity index (χ0v) is 15.1. The second-order valence-corrected chi connectivity index (χ2v) is 6.41. The lowest BCUT2D eigenvalue weighted by Crippen LogP contribution is -2.13. The predicted molar refractivity (Wildman–Crippen MR) is 98.0 cm³/mol. The van der Waals surface area contributed by atoms with Gasteiger partial charge in [0.25, 0.3) is 0 Å². The third kappa shape index (κ3) is 4.22. The summed E-state index contributed by atoms with van der Waals surface area (Å²) in [4.78, 5) is 16.0. The van der Waals surface area contributed by atoms with E-state index >= 15 is 0 Å². The van der Waals surface area contributed by atoms with Crippen molar-refractivity contribution >= 4 is 34.2 Å². The molecule has 0 radical (unpaired) electrons. The first-order valence-corrected chi connectivity index (χ1v) is 8.56. The van der Waals surface area contributed by atoms with Gasteiger partial charge in [0.2, 0.25) is 5.91 Å². The first-order chi connectivity index (χ1) is 12.0. The molecule has 1 amide bonds. The monoisotopic (exact) mass is 454 g/mol. The molecule has 0 spiro atoms. The lowest BCUT2D eigenvalue weighted by Gasteiger charge is -2.06. The van der Waals surface area contributed by atoms with Gasteiger partial charge in [0.15, 0.2) is 11.7 Å². The van der Waals surface area contributed by atoms with Crippen molar-refractivity contribution in [3.05, 3.63) is 69.8 Å². The number of carbonyl (C=O) groups is 1. The minimum absolute atomic E-state index is 0.00335. The Labute approximate surface area is 156 Å². The number of aryl methyl sites for hydroxylation is 1. The highest BCUT2D eigenvalue weighted by Gasteiger charge is 2.16. The van der Waals surface area contributed by atoms with E-state index in [0.29, 0.717) is 0 Å². The van der Waals surface area contributed by atoms with E-state index in [1.807, 2.05) is 24.3 Å². The Hall–Kier alpha value is -2.29. The van der Waals surface area contributed by atoms with Crippen molar-refractivity contribution in [2.75, 3.05) is 5.32 Å². The van der Waals surface area contributed by atoms with E-state index in [1.54, 1.807) is 0 Å². The van der Waals surface area contributed by atoms with Crippen LogP contribution in [-0.4, -0.2) is 10.9 Å². The molecule has 0 aliphatic rings. The normalized spacial score (nSPS) is 10.7. The number of carbonyl (C=O) groups excluding carboxylic acids is 1. The highest BCUT2D eigenvalue weighted by Crippen LogP contribution is 2.27. The molecule has 3 aromatic rings. The van der Waals surface area contributed by atoms with Crippen LogP contribution >= 0.6 is 22.6 Å². The number of oxazole rings is 1. The zero-order valence-electron chi connectivity index (χ0n) is 12.9. The van der Waals surface area contributed by atoms with Crippen LogP contribution in [0.3, 0.4) is 0 Å². The van der Waals surface area contributed by atoms with Crippen LogP contribution in [-0.2, 0) is 11.2 Å². The number of amides is 1. The molecule has 0 aliphatic carbocycles. The summed E-state index contributed by atoms with van der Waals surface area (Å²) < 4.78 is 33.8. The third-order valence-corrected chi connectivity index (χ3v) is 4.42. The Morgan fingerprint density at radius 3 is 2.56 bits per heavy atom. The van der Waals surface area contributed by atoms with Gasteiger partial charge in [0.05, 0.1) is 17.4 Å². The Kier molecular flexibility index (Phi) is 5.42. The maximum absolute atomic E-state index is 13.7. The molecule has 1 N–H and O–H groups in total. The molecular weight excluding hydrogens is 441 g/mol. The van der Waals surface area contributed by atoms with Gasteiger partial charge in [-0.1, -0.05) is 18.2 Å². The largest absolute Gasteiger partial charge is 0.441 e. The Bertz CT molecular complexity index is 891. The van der Waals surface area contributed by atoms with Crippen LogP contribution in [0, 0.1) is 15.2 Å². The van der Waals surface area contributed by atoms with Crippen LogP contribution in [0.15, 0.2) is 53.1 Å². The fourth-order valence-electron chi connectivity index (χ4n) is 2.27. The van der Waals surface area contributed by atoms with Crippen molar-refractivity contribution in [1.82, 2.24) is 4.98 Å². The number of para-hydroxylation sites is 1. The summed E-state index contributed by atoms with van der Waals surface area (Å²) in [5.74, 6) is -1.39. The molecule has 25 heavy (non-hydrogen) atoms. The van der Waals surface area contributed by atoms with E-state index in [0.717, 1.165) is 21.4 Å². The smallest absolute Gasteiger partial charge is 0.224 e. The van der Waals surface area contributed by atoms with Gasteiger partial charge in [0.1, 0.15) is 11.6 Å². The first kappa shape index (κ1) is 17.5. The van der Waals surface area contributed by atoms with Gasteiger partial charge >= 0.3 is 0 Å². The number of hydrogen-bond acceptors (Lipinski definition) is 3. The van der Waals surface area contributed by atoms with Crippen molar-refractivity contribution < 1.29 is 18.0 Å². The average Bonchev–Trinajstić information content (AvgIpc) is 3.04. The van der Waals surface area contributed by atoms with E-state index in [2.05, 4.69) is 32.9 Å². The molecule has 0 bridgehead atoms. The highest BCUT2D eigenvalue weighted by atomic mass is 127. The molecule has 0 fully saturated rings. The lowest BCUT2D eigenvalue weighted by atomic mass is 10.1. The topological polar surface area (TPSA) is 55.1 Å². The van der Waals surface area contributed by atoms with Gasteiger partial charge in [-0.2, -0.15) is 0 Å². The Balaban J connectivity index is 1.64. The fraction of sp³-hybridized carbons (Fsp3) is 0.111. The third-order valence-electron chi connectivity index (χ3n) is 3.48. The molecule has 4 nitrogen and oxygen atoms in total. The number of rotatable bonds is 5. The van der Waals surface area contributed by atoms with E-state index in [9.17, 15) is 13.6 Å². The zero-order chi connectivity index (χ0) is 17.8. The second kappa shape index (κ2) is 7.73. The summed E-state index contributed by atoms with van der Waals surface area (Å²) in [6.07, 6.45) is 1.63. The van der Waals surface area contributed by atoms with Crippen molar-refractivity contribution in [3.63, 3.8) is 0 Å². The van der Waals surface area contributed by atoms with E-state index in [1.165, 1.54) is 12.3 Å². The standard InChI is InChI=1S/C18H13F2IN2O2/c19-11-4-3-5-12(20)18(11)15-10-22-17(25-15)9-8-16(24)23-14-7-2-1-6-13(14)21/h1-7,10H,8-9H2,(H,23,24). The van der Waals surface area contributed by atoms with E-state index in [4.69, 9.17) is 4.42 Å². The Morgan fingerprint density at radius 2 is 1.84 bits per heavy atom. The van der Waals surface area contributed by atoms with Gasteiger partial charge < -0.3 is 9.73 Å². The summed E-state index contributed by atoms with van der Waals surface area (Å²) in [5, 5.41) is 2.80. The number of nitrogens with zero attached hydrogens (tertiary/aromatic N) is 1. The van der Waals surface area contributed by atoms with Crippen LogP contribution in [0.4, 0.5) is 14.5 Å². The van der Waals surface area contributed by atoms with Gasteiger partial charge in [-0.05, 0) is 46.9 Å². The average molecular weight is 454 g/mol. The number of anilines is 1. The molecule has 2 aromatic carbocycles. The van der Waals surface area contributed by atoms with Gasteiger partial charge in [-0.15, -0.1) is 0 Å². The van der Waals surface area contributed by atoms with Crippen molar-refractivity contribution in [1.29, 1.82) is 0 Å². The predicted octanol–water partition coefficient (Wildman–Crippen LogP) is 4.80. The van der Waals surface area contributed by atoms with Crippen LogP contribution < -0.4 is 5.32 Å². The molecule has 0 atom stereocenters. The lowest BCUT2D eigenvalue weighted by molar-refractivity contribution is -0.116. The number of benzene rings is 2. The van der Waals surface area contributed by atoms with Gasteiger partial charge in [0, 0.05) is 16.4 Å². The van der Waals surface area contributed by atoms with Crippen LogP contribution in [0.5, 0.6) is 0 Å². The molecule has 0 saturated heterocycles. The highest BCUT2D eigenvalue weighted by molar-refractivity contribution is 14.1. The summed E-state index contributed by atoms with van der Waals surface area (Å²) in [7, 11) is 0. The molecule has 128 valence electrons. The number of halogens is 3.